The minimum absolute atomic E-state index is 0.317. The molecule has 11 heteroatoms. The molecule has 1 saturated heterocycles. The standard InChI is InChI=1S/C30H26N10O/c1-38-12-14-39(15-13-38)22-10-11-24(20(16-22)17-31)40-29-26(28(32)33-18-34-29)27(37-40)19-6-8-21(9-7-19)35-30-36-23-4-2-3-5-25(23)41-30/h2-11,16,18H,12-15H2,1H3,(H,35,36)(H2,32,33,34). The van der Waals surface area contributed by atoms with E-state index in [0.29, 0.717) is 45.4 Å². The van der Waals surface area contributed by atoms with Crippen LogP contribution in [-0.2, 0) is 0 Å². The number of benzene rings is 3. The number of nitriles is 1. The highest BCUT2D eigenvalue weighted by Gasteiger charge is 2.21. The van der Waals surface area contributed by atoms with Gasteiger partial charge in [-0.15, -0.1) is 0 Å². The normalized spacial score (nSPS) is 14.0. The zero-order chi connectivity index (χ0) is 27.9. The number of likely N-dealkylation sites (N-methyl/N-ethyl adjacent to an activating group) is 1. The van der Waals surface area contributed by atoms with Crippen molar-refractivity contribution < 1.29 is 4.42 Å². The van der Waals surface area contributed by atoms with E-state index in [2.05, 4.69) is 43.2 Å². The molecule has 3 aromatic heterocycles. The average molecular weight is 543 g/mol. The predicted octanol–water partition coefficient (Wildman–Crippen LogP) is 4.57. The van der Waals surface area contributed by atoms with E-state index in [4.69, 9.17) is 15.2 Å². The number of piperazine rings is 1. The number of nitrogens with zero attached hydrogens (tertiary/aromatic N) is 8. The van der Waals surface area contributed by atoms with E-state index in [1.165, 1.54) is 6.33 Å². The lowest BCUT2D eigenvalue weighted by Crippen LogP contribution is -2.44. The molecule has 3 aromatic carbocycles. The highest BCUT2D eigenvalue weighted by atomic mass is 16.4. The Balaban J connectivity index is 1.24. The first-order chi connectivity index (χ1) is 20.1. The van der Waals surface area contributed by atoms with Crippen LogP contribution >= 0.6 is 0 Å². The van der Waals surface area contributed by atoms with E-state index in [0.717, 1.165) is 48.6 Å². The van der Waals surface area contributed by atoms with Crippen LogP contribution in [0.3, 0.4) is 0 Å². The van der Waals surface area contributed by atoms with Gasteiger partial charge in [-0.1, -0.05) is 24.3 Å². The van der Waals surface area contributed by atoms with Crippen molar-refractivity contribution in [3.05, 3.63) is 78.6 Å². The molecule has 4 heterocycles. The third-order valence-electron chi connectivity index (χ3n) is 7.39. The second-order valence-corrected chi connectivity index (χ2v) is 10.0. The van der Waals surface area contributed by atoms with Gasteiger partial charge in [0.05, 0.1) is 16.6 Å². The summed E-state index contributed by atoms with van der Waals surface area (Å²) >= 11 is 0. The van der Waals surface area contributed by atoms with Crippen LogP contribution in [0.2, 0.25) is 0 Å². The maximum Gasteiger partial charge on any atom is 0.300 e. The van der Waals surface area contributed by atoms with Crippen molar-refractivity contribution in [3.63, 3.8) is 0 Å². The number of hydrogen-bond donors (Lipinski definition) is 2. The smallest absolute Gasteiger partial charge is 0.300 e. The van der Waals surface area contributed by atoms with Crippen LogP contribution in [0.25, 0.3) is 39.1 Å². The van der Waals surface area contributed by atoms with Crippen LogP contribution < -0.4 is 16.0 Å². The van der Waals surface area contributed by atoms with Crippen molar-refractivity contribution in [1.82, 2.24) is 29.6 Å². The van der Waals surface area contributed by atoms with Gasteiger partial charge in [0.2, 0.25) is 0 Å². The molecule has 0 bridgehead atoms. The monoisotopic (exact) mass is 542 g/mol. The second kappa shape index (κ2) is 9.93. The molecule has 0 atom stereocenters. The summed E-state index contributed by atoms with van der Waals surface area (Å²) in [4.78, 5) is 17.8. The van der Waals surface area contributed by atoms with Crippen molar-refractivity contribution in [2.75, 3.05) is 49.2 Å². The summed E-state index contributed by atoms with van der Waals surface area (Å²) in [6, 6.07) is 24.0. The van der Waals surface area contributed by atoms with E-state index < -0.39 is 0 Å². The average Bonchev–Trinajstić information content (AvgIpc) is 3.60. The van der Waals surface area contributed by atoms with Gasteiger partial charge in [-0.25, -0.2) is 14.6 Å². The summed E-state index contributed by atoms with van der Waals surface area (Å²) in [6.45, 7) is 3.79. The molecule has 1 aliphatic heterocycles. The fourth-order valence-corrected chi connectivity index (χ4v) is 5.16. The van der Waals surface area contributed by atoms with Crippen LogP contribution in [0.4, 0.5) is 23.2 Å². The minimum atomic E-state index is 0.317. The third kappa shape index (κ3) is 4.46. The Morgan fingerprint density at radius 1 is 0.976 bits per heavy atom. The van der Waals surface area contributed by atoms with Gasteiger partial charge in [0.15, 0.2) is 11.2 Å². The number of fused-ring (bicyclic) bond motifs is 2. The number of nitrogens with two attached hydrogens (primary N) is 1. The van der Waals surface area contributed by atoms with E-state index in [9.17, 15) is 5.26 Å². The highest BCUT2D eigenvalue weighted by molar-refractivity contribution is 5.99. The van der Waals surface area contributed by atoms with Gasteiger partial charge < -0.3 is 25.3 Å². The number of aromatic nitrogens is 5. The molecular formula is C30H26N10O. The number of hydrogen-bond acceptors (Lipinski definition) is 10. The van der Waals surface area contributed by atoms with Crippen LogP contribution in [0, 0.1) is 11.3 Å². The summed E-state index contributed by atoms with van der Waals surface area (Å²) in [5.74, 6) is 0.317. The number of para-hydroxylation sites is 2. The Morgan fingerprint density at radius 3 is 2.56 bits per heavy atom. The van der Waals surface area contributed by atoms with E-state index in [1.54, 1.807) is 4.68 Å². The lowest BCUT2D eigenvalue weighted by atomic mass is 10.1. The number of rotatable bonds is 5. The van der Waals surface area contributed by atoms with Crippen LogP contribution in [0.15, 0.2) is 77.5 Å². The molecule has 0 spiro atoms. The van der Waals surface area contributed by atoms with Crippen molar-refractivity contribution >= 4 is 45.3 Å². The molecule has 1 fully saturated rings. The van der Waals surface area contributed by atoms with Gasteiger partial charge in [0, 0.05) is 43.1 Å². The van der Waals surface area contributed by atoms with Gasteiger partial charge >= 0.3 is 0 Å². The summed E-state index contributed by atoms with van der Waals surface area (Å²) in [5, 5.41) is 18.8. The number of nitrogen functional groups attached to an aromatic ring is 1. The van der Waals surface area contributed by atoms with Crippen LogP contribution in [-0.4, -0.2) is 62.9 Å². The van der Waals surface area contributed by atoms with Gasteiger partial charge in [-0.3, -0.25) is 0 Å². The first-order valence-corrected chi connectivity index (χ1v) is 13.3. The lowest BCUT2D eigenvalue weighted by molar-refractivity contribution is 0.313. The quantitative estimate of drug-likeness (QED) is 0.318. The molecule has 41 heavy (non-hydrogen) atoms. The summed E-state index contributed by atoms with van der Waals surface area (Å²) in [6.07, 6.45) is 1.41. The Bertz CT molecular complexity index is 1890. The van der Waals surface area contributed by atoms with Crippen molar-refractivity contribution in [2.24, 2.45) is 0 Å². The van der Waals surface area contributed by atoms with Crippen LogP contribution in [0.1, 0.15) is 5.56 Å². The van der Waals surface area contributed by atoms with Crippen LogP contribution in [0.5, 0.6) is 0 Å². The van der Waals surface area contributed by atoms with Crippen molar-refractivity contribution in [3.8, 4) is 23.0 Å². The van der Waals surface area contributed by atoms with Gasteiger partial charge in [-0.2, -0.15) is 15.3 Å². The molecule has 0 aliphatic carbocycles. The zero-order valence-corrected chi connectivity index (χ0v) is 22.3. The Hall–Kier alpha value is -5.47. The topological polar surface area (TPSA) is 138 Å². The molecule has 0 radical (unpaired) electrons. The van der Waals surface area contributed by atoms with Crippen molar-refractivity contribution in [1.29, 1.82) is 5.26 Å². The summed E-state index contributed by atoms with van der Waals surface area (Å²) in [5.41, 5.74) is 12.8. The number of oxazole rings is 1. The molecule has 11 nitrogen and oxygen atoms in total. The molecule has 202 valence electrons. The molecule has 0 saturated carbocycles. The van der Waals surface area contributed by atoms with E-state index >= 15 is 0 Å². The Morgan fingerprint density at radius 2 is 1.78 bits per heavy atom. The van der Waals surface area contributed by atoms with E-state index in [1.807, 2.05) is 66.7 Å². The first-order valence-electron chi connectivity index (χ1n) is 13.3. The molecule has 3 N–H and O–H groups in total. The second-order valence-electron chi connectivity index (χ2n) is 10.0. The largest absolute Gasteiger partial charge is 0.423 e. The van der Waals surface area contributed by atoms with Crippen molar-refractivity contribution in [2.45, 2.75) is 0 Å². The first kappa shape index (κ1) is 24.6. The number of nitrogens with one attached hydrogen (secondary N) is 1. The van der Waals surface area contributed by atoms with Gasteiger partial charge in [0.25, 0.3) is 6.01 Å². The maximum atomic E-state index is 10.1. The molecule has 7 rings (SSSR count). The Kier molecular flexibility index (Phi) is 5.95. The number of anilines is 4. The summed E-state index contributed by atoms with van der Waals surface area (Å²) < 4.78 is 7.46. The van der Waals surface area contributed by atoms with Gasteiger partial charge in [0.1, 0.15) is 29.4 Å². The summed E-state index contributed by atoms with van der Waals surface area (Å²) in [7, 11) is 2.12. The molecule has 0 amide bonds. The molecular weight excluding hydrogens is 516 g/mol. The SMILES string of the molecule is CN1CCN(c2ccc(-n3nc(-c4ccc(Nc5nc6ccccc6o5)cc4)c4c(N)ncnc43)c(C#N)c2)CC1. The van der Waals surface area contributed by atoms with E-state index in [-0.39, 0.29) is 0 Å². The van der Waals surface area contributed by atoms with Gasteiger partial charge in [-0.05, 0) is 49.5 Å². The minimum Gasteiger partial charge on any atom is -0.423 e. The molecule has 0 unspecified atom stereocenters. The third-order valence-corrected chi connectivity index (χ3v) is 7.39. The Labute approximate surface area is 235 Å². The lowest BCUT2D eigenvalue weighted by Gasteiger charge is -2.34. The predicted molar refractivity (Wildman–Crippen MR) is 158 cm³/mol. The highest BCUT2D eigenvalue weighted by Crippen LogP contribution is 2.34. The fraction of sp³-hybridized carbons (Fsp3) is 0.167. The zero-order valence-electron chi connectivity index (χ0n) is 22.3. The molecule has 6 aromatic rings. The molecule has 1 aliphatic rings. The fourth-order valence-electron chi connectivity index (χ4n) is 5.16. The maximum absolute atomic E-state index is 10.1.